The molecule has 1 aromatic rings. The number of ether oxygens (including phenoxy) is 1. The van der Waals surface area contributed by atoms with Crippen LogP contribution < -0.4 is 4.74 Å². The first-order valence-corrected chi connectivity index (χ1v) is 6.16. The van der Waals surface area contributed by atoms with Crippen LogP contribution in [-0.2, 0) is 4.79 Å². The molecule has 1 aliphatic heterocycles. The third-order valence-corrected chi connectivity index (χ3v) is 3.25. The van der Waals surface area contributed by atoms with E-state index in [-0.39, 0.29) is 16.3 Å². The van der Waals surface area contributed by atoms with E-state index < -0.39 is 23.8 Å². The third-order valence-electron chi connectivity index (χ3n) is 2.94. The molecule has 1 aromatic carbocycles. The van der Waals surface area contributed by atoms with Crippen LogP contribution in [0.3, 0.4) is 0 Å². The molecule has 2 rings (SSSR count). The van der Waals surface area contributed by atoms with Crippen molar-refractivity contribution in [1.82, 2.24) is 0 Å². The molecule has 1 atom stereocenters. The first kappa shape index (κ1) is 15.4. The van der Waals surface area contributed by atoms with Gasteiger partial charge in [0.25, 0.3) is 0 Å². The highest BCUT2D eigenvalue weighted by molar-refractivity contribution is 6.32. The predicted octanol–water partition coefficient (Wildman–Crippen LogP) is 4.16. The number of alkyl halides is 3. The van der Waals surface area contributed by atoms with Gasteiger partial charge in [0.1, 0.15) is 5.75 Å². The molecule has 0 bridgehead atoms. The van der Waals surface area contributed by atoms with Gasteiger partial charge in [-0.25, -0.2) is 4.79 Å². The normalized spacial score (nSPS) is 17.6. The van der Waals surface area contributed by atoms with Crippen molar-refractivity contribution in [1.29, 1.82) is 0 Å². The van der Waals surface area contributed by atoms with Gasteiger partial charge in [0.05, 0.1) is 5.57 Å². The summed E-state index contributed by atoms with van der Waals surface area (Å²) < 4.78 is 43.6. The highest BCUT2D eigenvalue weighted by Gasteiger charge is 2.48. The van der Waals surface area contributed by atoms with Gasteiger partial charge in [-0.1, -0.05) is 18.2 Å². The van der Waals surface area contributed by atoms with Crippen molar-refractivity contribution in [2.24, 2.45) is 0 Å². The van der Waals surface area contributed by atoms with E-state index in [4.69, 9.17) is 21.4 Å². The van der Waals surface area contributed by atoms with Gasteiger partial charge in [0.15, 0.2) is 0 Å². The summed E-state index contributed by atoms with van der Waals surface area (Å²) in [4.78, 5) is 11.0. The Kier molecular flexibility index (Phi) is 3.76. The molecule has 0 radical (unpaired) electrons. The van der Waals surface area contributed by atoms with Crippen molar-refractivity contribution in [3.63, 3.8) is 0 Å². The Morgan fingerprint density at radius 2 is 2.05 bits per heavy atom. The summed E-state index contributed by atoms with van der Waals surface area (Å²) >= 11 is 5.99. The van der Waals surface area contributed by atoms with Crippen LogP contribution in [0.4, 0.5) is 13.2 Å². The van der Waals surface area contributed by atoms with Gasteiger partial charge in [-0.05, 0) is 36.3 Å². The number of aliphatic carboxylic acids is 1. The molecule has 0 saturated carbocycles. The summed E-state index contributed by atoms with van der Waals surface area (Å²) in [6, 6.07) is 2.68. The Morgan fingerprint density at radius 3 is 2.52 bits per heavy atom. The highest BCUT2D eigenvalue weighted by Crippen LogP contribution is 2.40. The van der Waals surface area contributed by atoms with Crippen molar-refractivity contribution in [2.45, 2.75) is 19.2 Å². The number of benzene rings is 1. The lowest BCUT2D eigenvalue weighted by molar-refractivity contribution is -0.187. The van der Waals surface area contributed by atoms with E-state index in [0.717, 1.165) is 6.08 Å². The Balaban J connectivity index is 2.61. The van der Waals surface area contributed by atoms with E-state index in [1.54, 1.807) is 6.92 Å². The summed E-state index contributed by atoms with van der Waals surface area (Å²) in [6.07, 6.45) is -6.42. The van der Waals surface area contributed by atoms with Crippen molar-refractivity contribution >= 4 is 29.2 Å². The minimum absolute atomic E-state index is 0.0790. The molecule has 1 heterocycles. The Morgan fingerprint density at radius 1 is 1.43 bits per heavy atom. The molecule has 0 saturated heterocycles. The second kappa shape index (κ2) is 5.11. The zero-order chi connectivity index (χ0) is 15.9. The Hall–Kier alpha value is -1.95. The van der Waals surface area contributed by atoms with E-state index in [2.05, 4.69) is 6.58 Å². The molecule has 0 spiro atoms. The molecule has 3 nitrogen and oxygen atoms in total. The number of hydrogen-bond donors (Lipinski definition) is 1. The summed E-state index contributed by atoms with van der Waals surface area (Å²) in [5, 5.41) is 9.17. The molecule has 21 heavy (non-hydrogen) atoms. The summed E-state index contributed by atoms with van der Waals surface area (Å²) in [7, 11) is 0. The SMILES string of the molecule is C=C(C)c1cc2c(cc1Cl)C=C(C(=O)O)C(C(F)(F)F)O2. The van der Waals surface area contributed by atoms with E-state index in [0.29, 0.717) is 11.1 Å². The number of carboxylic acid groups (broad SMARTS) is 1. The van der Waals surface area contributed by atoms with E-state index in [1.165, 1.54) is 12.1 Å². The first-order chi connectivity index (χ1) is 9.61. The lowest BCUT2D eigenvalue weighted by Crippen LogP contribution is -2.40. The molecule has 112 valence electrons. The minimum Gasteiger partial charge on any atom is -0.478 e. The fraction of sp³-hybridized carbons (Fsp3) is 0.214. The second-order valence-corrected chi connectivity index (χ2v) is 5.00. The number of allylic oxidation sites excluding steroid dienone is 1. The van der Waals surface area contributed by atoms with E-state index in [9.17, 15) is 18.0 Å². The summed E-state index contributed by atoms with van der Waals surface area (Å²) in [5.74, 6) is -1.77. The lowest BCUT2D eigenvalue weighted by atomic mass is 9.98. The maximum Gasteiger partial charge on any atom is 0.430 e. The van der Waals surface area contributed by atoms with Crippen LogP contribution in [0.15, 0.2) is 24.3 Å². The minimum atomic E-state index is -4.83. The largest absolute Gasteiger partial charge is 0.478 e. The quantitative estimate of drug-likeness (QED) is 0.890. The molecule has 0 fully saturated rings. The predicted molar refractivity (Wildman–Crippen MR) is 72.2 cm³/mol. The van der Waals surface area contributed by atoms with E-state index >= 15 is 0 Å². The second-order valence-electron chi connectivity index (χ2n) is 4.59. The molecule has 1 N–H and O–H groups in total. The number of halogens is 4. The standard InChI is InChI=1S/C14H10ClF3O3/c1-6(2)8-5-11-7(4-10(8)15)3-9(13(19)20)12(21-11)14(16,17)18/h3-5,12H,1H2,2H3,(H,19,20). The van der Waals surface area contributed by atoms with Gasteiger partial charge in [-0.15, -0.1) is 0 Å². The first-order valence-electron chi connectivity index (χ1n) is 5.79. The van der Waals surface area contributed by atoms with Gasteiger partial charge < -0.3 is 9.84 Å². The van der Waals surface area contributed by atoms with Crippen molar-refractivity contribution in [3.8, 4) is 5.75 Å². The average Bonchev–Trinajstić information content (AvgIpc) is 2.34. The fourth-order valence-corrected chi connectivity index (χ4v) is 2.29. The maximum atomic E-state index is 12.9. The number of carbonyl (C=O) groups is 1. The Labute approximate surface area is 123 Å². The monoisotopic (exact) mass is 318 g/mol. The van der Waals surface area contributed by atoms with E-state index in [1.807, 2.05) is 0 Å². The summed E-state index contributed by atoms with van der Waals surface area (Å²) in [6.45, 7) is 5.32. The summed E-state index contributed by atoms with van der Waals surface area (Å²) in [5.41, 5.74) is 0.309. The topological polar surface area (TPSA) is 46.5 Å². The molecule has 0 amide bonds. The van der Waals surface area contributed by atoms with Gasteiger partial charge in [0.2, 0.25) is 6.10 Å². The van der Waals surface area contributed by atoms with Crippen LogP contribution in [0.1, 0.15) is 18.1 Å². The van der Waals surface area contributed by atoms with Crippen LogP contribution >= 0.6 is 11.6 Å². The maximum absolute atomic E-state index is 12.9. The number of fused-ring (bicyclic) bond motifs is 1. The zero-order valence-corrected chi connectivity index (χ0v) is 11.5. The molecule has 1 aliphatic rings. The lowest BCUT2D eigenvalue weighted by Gasteiger charge is -2.27. The van der Waals surface area contributed by atoms with Crippen LogP contribution in [0.25, 0.3) is 11.6 Å². The molecule has 7 heteroatoms. The van der Waals surface area contributed by atoms with Crippen molar-refractivity contribution in [3.05, 3.63) is 40.4 Å². The number of hydrogen-bond acceptors (Lipinski definition) is 2. The number of rotatable bonds is 2. The van der Waals surface area contributed by atoms with Crippen molar-refractivity contribution < 1.29 is 27.8 Å². The van der Waals surface area contributed by atoms with Crippen molar-refractivity contribution in [2.75, 3.05) is 0 Å². The average molecular weight is 319 g/mol. The fourth-order valence-electron chi connectivity index (χ4n) is 1.96. The van der Waals surface area contributed by atoms with Crippen LogP contribution in [0.2, 0.25) is 5.02 Å². The molecule has 0 aliphatic carbocycles. The van der Waals surface area contributed by atoms with Crippen LogP contribution in [0.5, 0.6) is 5.75 Å². The molecule has 1 unspecified atom stereocenters. The third kappa shape index (κ3) is 2.90. The van der Waals surface area contributed by atoms with Gasteiger partial charge >= 0.3 is 12.1 Å². The van der Waals surface area contributed by atoms with Gasteiger partial charge in [0, 0.05) is 10.6 Å². The highest BCUT2D eigenvalue weighted by atomic mass is 35.5. The number of carboxylic acids is 1. The molecule has 0 aromatic heterocycles. The smallest absolute Gasteiger partial charge is 0.430 e. The van der Waals surface area contributed by atoms with Gasteiger partial charge in [-0.3, -0.25) is 0 Å². The molecular weight excluding hydrogens is 309 g/mol. The van der Waals surface area contributed by atoms with Crippen LogP contribution in [0, 0.1) is 0 Å². The van der Waals surface area contributed by atoms with Gasteiger partial charge in [-0.2, -0.15) is 13.2 Å². The molecular formula is C14H10ClF3O3. The van der Waals surface area contributed by atoms with Crippen LogP contribution in [-0.4, -0.2) is 23.4 Å². The zero-order valence-electron chi connectivity index (χ0n) is 10.8. The Bertz CT molecular complexity index is 662.